The zero-order valence-corrected chi connectivity index (χ0v) is 45.9. The van der Waals surface area contributed by atoms with Gasteiger partial charge in [-0.05, 0) is 77.0 Å². The van der Waals surface area contributed by atoms with Crippen molar-refractivity contribution < 1.29 is 39.8 Å². The second-order valence-electron chi connectivity index (χ2n) is 20.1. The molecule has 0 aromatic carbocycles. The monoisotopic (exact) mass is 1010 g/mol. The minimum atomic E-state index is -1.56. The molecular formula is C63H109NO8. The topological polar surface area (TPSA) is 149 Å². The Bertz CT molecular complexity index is 1450. The summed E-state index contributed by atoms with van der Waals surface area (Å²) in [5.74, 6) is -0.156. The van der Waals surface area contributed by atoms with Crippen molar-refractivity contribution in [3.05, 3.63) is 97.2 Å². The highest BCUT2D eigenvalue weighted by atomic mass is 16.7. The summed E-state index contributed by atoms with van der Waals surface area (Å²) < 4.78 is 11.3. The van der Waals surface area contributed by atoms with Crippen LogP contribution in [0, 0.1) is 0 Å². The van der Waals surface area contributed by atoms with Gasteiger partial charge in [0.15, 0.2) is 6.29 Å². The van der Waals surface area contributed by atoms with Gasteiger partial charge in [-0.25, -0.2) is 0 Å². The van der Waals surface area contributed by atoms with E-state index in [9.17, 15) is 30.3 Å². The first-order valence-electron chi connectivity index (χ1n) is 29.4. The lowest BCUT2D eigenvalue weighted by Crippen LogP contribution is -2.60. The van der Waals surface area contributed by atoms with E-state index in [4.69, 9.17) is 9.47 Å². The number of nitrogens with one attached hydrogen (secondary N) is 1. The Kier molecular flexibility index (Phi) is 48.1. The molecule has 0 spiro atoms. The van der Waals surface area contributed by atoms with Gasteiger partial charge in [0.05, 0.1) is 25.4 Å². The second kappa shape index (κ2) is 51.6. The molecule has 1 amide bonds. The van der Waals surface area contributed by atoms with Gasteiger partial charge in [0, 0.05) is 6.42 Å². The minimum absolute atomic E-state index is 0.146. The SMILES string of the molecule is CC/C=C\C/C=C\C/C=C\C/C=C\C/C=C\C/C=C\C/C=C\C/C=C\CCCCCCCCCCC(=O)NC(COC1OC(CO)C(O)C(O)C1O)C(O)CCCCCCCCCCCCCCCCCC. The molecule has 9 nitrogen and oxygen atoms in total. The Balaban J connectivity index is 2.19. The van der Waals surface area contributed by atoms with Gasteiger partial charge in [-0.3, -0.25) is 4.79 Å². The molecule has 1 heterocycles. The third-order valence-corrected chi connectivity index (χ3v) is 13.5. The fourth-order valence-corrected chi connectivity index (χ4v) is 8.82. The second-order valence-corrected chi connectivity index (χ2v) is 20.1. The first kappa shape index (κ1) is 67.1. The van der Waals surface area contributed by atoms with Gasteiger partial charge in [-0.15, -0.1) is 0 Å². The average molecular weight is 1010 g/mol. The highest BCUT2D eigenvalue weighted by Crippen LogP contribution is 2.23. The number of aliphatic hydroxyl groups excluding tert-OH is 5. The van der Waals surface area contributed by atoms with Crippen molar-refractivity contribution in [1.29, 1.82) is 0 Å². The molecule has 72 heavy (non-hydrogen) atoms. The number of allylic oxidation sites excluding steroid dienone is 16. The van der Waals surface area contributed by atoms with Crippen LogP contribution in [0.5, 0.6) is 0 Å². The summed E-state index contributed by atoms with van der Waals surface area (Å²) in [6.45, 7) is 3.72. The number of amides is 1. The van der Waals surface area contributed by atoms with Crippen molar-refractivity contribution in [3.63, 3.8) is 0 Å². The van der Waals surface area contributed by atoms with Gasteiger partial charge in [0.2, 0.25) is 5.91 Å². The van der Waals surface area contributed by atoms with Crippen LogP contribution in [-0.2, 0) is 14.3 Å². The van der Waals surface area contributed by atoms with Gasteiger partial charge in [-0.1, -0.05) is 252 Å². The van der Waals surface area contributed by atoms with Crippen LogP contribution in [0.3, 0.4) is 0 Å². The van der Waals surface area contributed by atoms with Crippen molar-refractivity contribution in [2.45, 2.75) is 281 Å². The Labute approximate surface area is 441 Å². The fourth-order valence-electron chi connectivity index (χ4n) is 8.82. The maximum Gasteiger partial charge on any atom is 0.220 e. The van der Waals surface area contributed by atoms with E-state index in [1.165, 1.54) is 109 Å². The molecule has 9 heteroatoms. The van der Waals surface area contributed by atoms with E-state index in [1.807, 2.05) is 0 Å². The molecule has 0 bridgehead atoms. The van der Waals surface area contributed by atoms with Gasteiger partial charge < -0.3 is 40.3 Å². The van der Waals surface area contributed by atoms with Crippen LogP contribution in [0.1, 0.15) is 239 Å². The maximum absolute atomic E-state index is 13.1. The molecule has 0 radical (unpaired) electrons. The summed E-state index contributed by atoms with van der Waals surface area (Å²) in [5, 5.41) is 54.7. The first-order valence-corrected chi connectivity index (χ1v) is 29.4. The van der Waals surface area contributed by atoms with E-state index in [0.717, 1.165) is 103 Å². The Hall–Kier alpha value is -2.89. The molecule has 1 fully saturated rings. The van der Waals surface area contributed by atoms with E-state index in [1.54, 1.807) is 0 Å². The van der Waals surface area contributed by atoms with E-state index in [0.29, 0.717) is 12.8 Å². The molecule has 1 aliphatic heterocycles. The molecule has 0 saturated carbocycles. The molecule has 0 aromatic rings. The summed E-state index contributed by atoms with van der Waals surface area (Å²) >= 11 is 0. The van der Waals surface area contributed by atoms with Crippen molar-refractivity contribution in [2.75, 3.05) is 13.2 Å². The predicted molar refractivity (Wildman–Crippen MR) is 304 cm³/mol. The lowest BCUT2D eigenvalue weighted by molar-refractivity contribution is -0.302. The molecule has 6 N–H and O–H groups in total. The summed E-state index contributed by atoms with van der Waals surface area (Å²) in [6, 6.07) is -0.730. The maximum atomic E-state index is 13.1. The zero-order chi connectivity index (χ0) is 52.2. The van der Waals surface area contributed by atoms with Crippen LogP contribution in [0.25, 0.3) is 0 Å². The number of hydrogen-bond donors (Lipinski definition) is 6. The quantitative estimate of drug-likeness (QED) is 0.0261. The highest BCUT2D eigenvalue weighted by Gasteiger charge is 2.44. The van der Waals surface area contributed by atoms with Crippen LogP contribution in [0.4, 0.5) is 0 Å². The standard InChI is InChI=1S/C63H109NO8/c1-3-5-7-9-11-13-15-17-19-21-22-23-24-25-26-27-28-29-30-31-32-33-34-35-36-37-39-41-43-45-47-49-51-53-59(67)64-56(55-71-63-62(70)61(69)60(68)58(54-65)72-63)57(66)52-50-48-46-44-42-40-38-20-18-16-14-12-10-8-6-4-2/h5,7,11,13,17,19,22-23,25-26,28-29,31-32,34-35,56-58,60-63,65-66,68-70H,3-4,6,8-10,12,14-16,18,20-21,24,27,30,33,36-55H2,1-2H3,(H,64,67)/b7-5-,13-11-,19-17-,23-22-,26-25-,29-28-,32-31-,35-34-. The van der Waals surface area contributed by atoms with Gasteiger partial charge in [0.25, 0.3) is 0 Å². The van der Waals surface area contributed by atoms with Gasteiger partial charge in [0.1, 0.15) is 24.4 Å². The predicted octanol–water partition coefficient (Wildman–Crippen LogP) is 14.8. The summed E-state index contributed by atoms with van der Waals surface area (Å²) in [5.41, 5.74) is 0. The number of aliphatic hydroxyl groups is 5. The Morgan fingerprint density at radius 1 is 0.486 bits per heavy atom. The Morgan fingerprint density at radius 3 is 1.28 bits per heavy atom. The average Bonchev–Trinajstić information content (AvgIpc) is 3.38. The third kappa shape index (κ3) is 40.5. The van der Waals surface area contributed by atoms with Crippen LogP contribution >= 0.6 is 0 Å². The number of rotatable bonds is 49. The molecule has 1 saturated heterocycles. The van der Waals surface area contributed by atoms with Crippen molar-refractivity contribution in [2.24, 2.45) is 0 Å². The Morgan fingerprint density at radius 2 is 0.861 bits per heavy atom. The molecule has 414 valence electrons. The van der Waals surface area contributed by atoms with Crippen LogP contribution in [-0.4, -0.2) is 87.5 Å². The molecule has 0 aliphatic carbocycles. The van der Waals surface area contributed by atoms with E-state index >= 15 is 0 Å². The normalized spacial score (nSPS) is 19.9. The van der Waals surface area contributed by atoms with Gasteiger partial charge >= 0.3 is 0 Å². The first-order chi connectivity index (χ1) is 35.3. The highest BCUT2D eigenvalue weighted by molar-refractivity contribution is 5.76. The third-order valence-electron chi connectivity index (χ3n) is 13.5. The van der Waals surface area contributed by atoms with Crippen molar-refractivity contribution in [3.8, 4) is 0 Å². The molecule has 1 rings (SSSR count). The van der Waals surface area contributed by atoms with Crippen LogP contribution < -0.4 is 5.32 Å². The molecule has 7 atom stereocenters. The number of carbonyl (C=O) groups is 1. The van der Waals surface area contributed by atoms with E-state index < -0.39 is 49.5 Å². The number of carbonyl (C=O) groups excluding carboxylic acids is 1. The molecule has 7 unspecified atom stereocenters. The lowest BCUT2D eigenvalue weighted by atomic mass is 9.99. The number of hydrogen-bond acceptors (Lipinski definition) is 8. The lowest BCUT2D eigenvalue weighted by Gasteiger charge is -2.40. The van der Waals surface area contributed by atoms with Gasteiger partial charge in [-0.2, -0.15) is 0 Å². The summed E-state index contributed by atoms with van der Waals surface area (Å²) in [6.07, 6.45) is 67.1. The van der Waals surface area contributed by atoms with Crippen LogP contribution in [0.15, 0.2) is 97.2 Å². The number of unbranched alkanes of at least 4 members (excludes halogenated alkanes) is 23. The molecule has 1 aliphatic rings. The summed E-state index contributed by atoms with van der Waals surface area (Å²) in [7, 11) is 0. The fraction of sp³-hybridized carbons (Fsp3) is 0.730. The van der Waals surface area contributed by atoms with E-state index in [-0.39, 0.29) is 12.5 Å². The van der Waals surface area contributed by atoms with E-state index in [2.05, 4.69) is 116 Å². The van der Waals surface area contributed by atoms with Crippen LogP contribution in [0.2, 0.25) is 0 Å². The summed E-state index contributed by atoms with van der Waals surface area (Å²) in [4.78, 5) is 13.1. The van der Waals surface area contributed by atoms with Crippen molar-refractivity contribution >= 4 is 5.91 Å². The largest absolute Gasteiger partial charge is 0.394 e. The molecular weight excluding hydrogens is 899 g/mol. The zero-order valence-electron chi connectivity index (χ0n) is 45.9. The number of ether oxygens (including phenoxy) is 2. The molecule has 0 aromatic heterocycles. The van der Waals surface area contributed by atoms with Crippen molar-refractivity contribution in [1.82, 2.24) is 5.32 Å². The smallest absolute Gasteiger partial charge is 0.220 e. The minimum Gasteiger partial charge on any atom is -0.394 e.